The van der Waals surface area contributed by atoms with Gasteiger partial charge in [-0.05, 0) is 85.6 Å². The van der Waals surface area contributed by atoms with E-state index in [-0.39, 0.29) is 63.3 Å². The van der Waals surface area contributed by atoms with Crippen LogP contribution in [0, 0.1) is 0 Å². The van der Waals surface area contributed by atoms with Crippen LogP contribution in [0.3, 0.4) is 0 Å². The first-order chi connectivity index (χ1) is 60.0. The molecule has 52 heteroatoms. The summed E-state index contributed by atoms with van der Waals surface area (Å²) >= 11 is 0. The van der Waals surface area contributed by atoms with Crippen molar-refractivity contribution in [2.45, 2.75) is 408 Å². The van der Waals surface area contributed by atoms with E-state index in [0.717, 1.165) is 6.42 Å². The molecule has 0 aromatic heterocycles. The SMILES string of the molecule is CC(C)(N)C1CCC(N)C(OC2C(N)CC(N)C(O)C2OC2OC(CO)C(OC3OC(CN)C(O)C(O)C3N)C2O)O1.CNC(C)C1CCC(N)C(OC2C(N)CC(N)C(O)C2OC2OC(CO)C(OC3OC(CN)C(O)C(O)C3N)C2O)O1.NCC1OC(OC2C(CO)OC(OC3C(O)C(N)CC(N)C3OC3OC(C4(N)COC4)CCC3N)C2O)C(N)C(O)C1O. The summed E-state index contributed by atoms with van der Waals surface area (Å²) in [6.45, 7) is 4.17. The van der Waals surface area contributed by atoms with Crippen molar-refractivity contribution in [2.75, 3.05) is 59.7 Å². The van der Waals surface area contributed by atoms with Crippen LogP contribution in [-0.4, -0.2) is 466 Å². The third-order valence-electron chi connectivity index (χ3n) is 26.7. The van der Waals surface area contributed by atoms with Gasteiger partial charge in [0.2, 0.25) is 0 Å². The number of nitrogens with two attached hydrogens (primary N) is 17. The van der Waals surface area contributed by atoms with Crippen molar-refractivity contribution < 1.29 is 167 Å². The second kappa shape index (κ2) is 45.5. The molecule has 50 N–H and O–H groups in total. The van der Waals surface area contributed by atoms with Crippen LogP contribution in [0.25, 0.3) is 0 Å². The van der Waals surface area contributed by atoms with Crippen molar-refractivity contribution in [3.8, 4) is 0 Å². The molecular formula is C75H148N18O34. The summed E-state index contributed by atoms with van der Waals surface area (Å²) in [7, 11) is 1.83. The van der Waals surface area contributed by atoms with Gasteiger partial charge in [-0.3, -0.25) is 0 Å². The molecule has 10 heterocycles. The summed E-state index contributed by atoms with van der Waals surface area (Å²) in [6.07, 6.45) is -40.7. The minimum absolute atomic E-state index is 0.0369. The average molecular weight is 1850 g/mol. The van der Waals surface area contributed by atoms with Crippen LogP contribution in [0.4, 0.5) is 0 Å². The molecule has 0 amide bonds. The molecule has 0 aromatic rings. The number of likely N-dealkylation sites (N-methyl/N-ethyl adjacent to an activating group) is 1. The van der Waals surface area contributed by atoms with E-state index in [9.17, 15) is 76.6 Å². The first-order valence-corrected chi connectivity index (χ1v) is 43.7. The highest BCUT2D eigenvalue weighted by atomic mass is 16.8. The van der Waals surface area contributed by atoms with Crippen LogP contribution in [-0.2, 0) is 90.0 Å². The lowest BCUT2D eigenvalue weighted by molar-refractivity contribution is -0.299. The monoisotopic (exact) mass is 1850 g/mol. The number of rotatable bonds is 28. The highest BCUT2D eigenvalue weighted by Gasteiger charge is 2.60. The summed E-state index contributed by atoms with van der Waals surface area (Å²) in [4.78, 5) is 0. The topological polar surface area (TPSA) is 933 Å². The van der Waals surface area contributed by atoms with E-state index in [1.165, 1.54) is 0 Å². The Morgan fingerprint density at radius 3 is 0.921 bits per heavy atom. The Hall–Kier alpha value is -2.08. The van der Waals surface area contributed by atoms with Gasteiger partial charge < -0.3 is 269 Å². The molecule has 13 rings (SSSR count). The van der Waals surface area contributed by atoms with Crippen molar-refractivity contribution in [3.05, 3.63) is 0 Å². The second-order valence-corrected chi connectivity index (χ2v) is 36.6. The maximum Gasteiger partial charge on any atom is 0.187 e. The molecule has 52 nitrogen and oxygen atoms in total. The Kier molecular flexibility index (Phi) is 37.7. The molecule has 52 unspecified atom stereocenters. The Bertz CT molecular complexity index is 3300. The van der Waals surface area contributed by atoms with E-state index >= 15 is 0 Å². The second-order valence-electron chi connectivity index (χ2n) is 36.6. The van der Waals surface area contributed by atoms with Gasteiger partial charge in [0.25, 0.3) is 0 Å². The first kappa shape index (κ1) is 105. The maximum absolute atomic E-state index is 11.2. The van der Waals surface area contributed by atoms with E-state index in [4.69, 9.17) is 187 Å². The summed E-state index contributed by atoms with van der Waals surface area (Å²) in [6, 6.07) is -9.48. The predicted octanol–water partition coefficient (Wildman–Crippen LogP) is -19.3. The van der Waals surface area contributed by atoms with Gasteiger partial charge in [-0.2, -0.15) is 0 Å². The molecule has 0 aromatic carbocycles. The number of nitrogens with one attached hydrogen (secondary N) is 1. The first-order valence-electron chi connectivity index (χ1n) is 43.7. The van der Waals surface area contributed by atoms with Crippen molar-refractivity contribution in [2.24, 2.45) is 97.5 Å². The molecule has 0 spiro atoms. The fourth-order valence-electron chi connectivity index (χ4n) is 18.3. The smallest absolute Gasteiger partial charge is 0.187 e. The van der Waals surface area contributed by atoms with Gasteiger partial charge in [-0.1, -0.05) is 0 Å². The maximum atomic E-state index is 11.2. The zero-order valence-electron chi connectivity index (χ0n) is 71.8. The number of hydrogen-bond acceptors (Lipinski definition) is 52. The molecule has 52 atom stereocenters. The van der Waals surface area contributed by atoms with Crippen molar-refractivity contribution in [1.29, 1.82) is 0 Å². The van der Waals surface area contributed by atoms with Crippen LogP contribution < -0.4 is 103 Å². The zero-order valence-corrected chi connectivity index (χ0v) is 71.8. The van der Waals surface area contributed by atoms with E-state index < -0.39 is 325 Å². The minimum atomic E-state index is -1.54. The van der Waals surface area contributed by atoms with E-state index in [1.54, 1.807) is 0 Å². The van der Waals surface area contributed by atoms with Crippen LogP contribution in [0.15, 0.2) is 0 Å². The van der Waals surface area contributed by atoms with Gasteiger partial charge in [0, 0.05) is 67.5 Å². The Morgan fingerprint density at radius 2 is 0.622 bits per heavy atom. The summed E-state index contributed by atoms with van der Waals surface area (Å²) < 4.78 is 112. The fourth-order valence-corrected chi connectivity index (χ4v) is 18.3. The van der Waals surface area contributed by atoms with Crippen LogP contribution in [0.5, 0.6) is 0 Å². The predicted molar refractivity (Wildman–Crippen MR) is 434 cm³/mol. The molecule has 127 heavy (non-hydrogen) atoms. The lowest BCUT2D eigenvalue weighted by Crippen LogP contribution is -2.69. The largest absolute Gasteiger partial charge is 0.394 e. The lowest BCUT2D eigenvalue weighted by atomic mass is 9.84. The standard InChI is InChI=1S/C25H48N6O12.2C25H50N6O11/c26-4-11-16(34)17(35)14(30)23(38-11)42-20-12(5-32)39-24(18(20)36)43-21-15(33)9(28)3-10(29)19(21)41-22-8(27)1-2-13(40-22)25(31)6-37-7-25;1-25(2,31)13-4-3-8(27)22(39-13)40-19-10(29)5-9(28)15(33)21(19)42-24-18(36)20(12(7-32)38-24)41-23-14(30)17(35)16(34)11(6-26)37-23;1-8(31-2)12-4-3-9(27)23(37-12)40-20-11(29)5-10(28)16(33)22(20)42-25-19(36)21(14(7-32)39-25)41-24-15(30)18(35)17(34)13(6-26)38-24/h8-24,32-36H,1-7,26-31H2;8-24,32-36H,3-7,26-31H2,1-2H3;8-25,31-36H,3-7,26-30H2,1-2H3. The molecule has 13 fully saturated rings. The molecule has 0 radical (unpaired) electrons. The molecular weight excluding hydrogens is 1700 g/mol. The minimum Gasteiger partial charge on any atom is -0.394 e. The molecule has 3 saturated carbocycles. The Labute approximate surface area is 734 Å². The number of ether oxygens (including phenoxy) is 19. The van der Waals surface area contributed by atoms with Crippen molar-refractivity contribution >= 4 is 0 Å². The van der Waals surface area contributed by atoms with Crippen LogP contribution >= 0.6 is 0 Å². The number of aliphatic hydroxyl groups is 15. The van der Waals surface area contributed by atoms with Crippen LogP contribution in [0.1, 0.15) is 78.6 Å². The summed E-state index contributed by atoms with van der Waals surface area (Å²) in [5.74, 6) is 0. The zero-order chi connectivity index (χ0) is 93.2. The summed E-state index contributed by atoms with van der Waals surface area (Å²) in [5, 5.41) is 161. The molecule has 10 saturated heterocycles. The van der Waals surface area contributed by atoms with E-state index in [2.05, 4.69) is 5.32 Å². The van der Waals surface area contributed by atoms with E-state index in [0.29, 0.717) is 45.3 Å². The molecule has 13 aliphatic rings. The third-order valence-corrected chi connectivity index (χ3v) is 26.7. The Balaban J connectivity index is 0.000000185. The lowest BCUT2D eigenvalue weighted by Gasteiger charge is -2.49. The average Bonchev–Trinajstić information content (AvgIpc) is 1.69. The van der Waals surface area contributed by atoms with Gasteiger partial charge in [-0.15, -0.1) is 0 Å². The molecule has 742 valence electrons. The fraction of sp³-hybridized carbons (Fsp3) is 1.00. The molecule has 0 bridgehead atoms. The third kappa shape index (κ3) is 23.7. The van der Waals surface area contributed by atoms with E-state index in [1.807, 2.05) is 27.8 Å². The van der Waals surface area contributed by atoms with Gasteiger partial charge in [-0.25, -0.2) is 0 Å². The Morgan fingerprint density at radius 1 is 0.331 bits per heavy atom. The number of aliphatic hydroxyl groups excluding tert-OH is 15. The highest BCUT2D eigenvalue weighted by molar-refractivity contribution is 5.08. The molecule has 10 aliphatic heterocycles. The van der Waals surface area contributed by atoms with Crippen molar-refractivity contribution in [3.63, 3.8) is 0 Å². The van der Waals surface area contributed by atoms with Gasteiger partial charge in [0.05, 0.1) is 111 Å². The van der Waals surface area contributed by atoms with Crippen molar-refractivity contribution in [1.82, 2.24) is 5.32 Å². The summed E-state index contributed by atoms with van der Waals surface area (Å²) in [5.41, 5.74) is 103. The van der Waals surface area contributed by atoms with Gasteiger partial charge >= 0.3 is 0 Å². The quantitative estimate of drug-likeness (QED) is 0.0346. The normalized spacial score (nSPS) is 51.3. The van der Waals surface area contributed by atoms with Gasteiger partial charge in [0.15, 0.2) is 56.6 Å². The number of hydrogen-bond donors (Lipinski definition) is 33. The van der Waals surface area contributed by atoms with Gasteiger partial charge in [0.1, 0.15) is 146 Å². The van der Waals surface area contributed by atoms with Crippen LogP contribution in [0.2, 0.25) is 0 Å². The highest BCUT2D eigenvalue weighted by Crippen LogP contribution is 2.41. The molecule has 3 aliphatic carbocycles.